The van der Waals surface area contributed by atoms with Crippen molar-refractivity contribution in [3.8, 4) is 0 Å². The van der Waals surface area contributed by atoms with Crippen molar-refractivity contribution < 1.29 is 4.74 Å². The summed E-state index contributed by atoms with van der Waals surface area (Å²) >= 11 is 3.75. The summed E-state index contributed by atoms with van der Waals surface area (Å²) < 4.78 is 6.42. The quantitative estimate of drug-likeness (QED) is 0.802. The minimum Gasteiger partial charge on any atom is -0.383 e. The first-order valence-electron chi connectivity index (χ1n) is 7.70. The highest BCUT2D eigenvalue weighted by Gasteiger charge is 2.30. The van der Waals surface area contributed by atoms with Crippen molar-refractivity contribution in [1.82, 2.24) is 5.32 Å². The van der Waals surface area contributed by atoms with Gasteiger partial charge in [-0.25, -0.2) is 0 Å². The highest BCUT2D eigenvalue weighted by Crippen LogP contribution is 2.36. The zero-order valence-corrected chi connectivity index (χ0v) is 15.2. The molecule has 1 aromatic carbocycles. The van der Waals surface area contributed by atoms with Crippen LogP contribution in [0, 0.1) is 0 Å². The summed E-state index contributed by atoms with van der Waals surface area (Å²) in [5.74, 6) is 0. The monoisotopic (exact) mass is 354 g/mol. The second-order valence-corrected chi connectivity index (χ2v) is 7.66. The van der Waals surface area contributed by atoms with Gasteiger partial charge in [0.05, 0.1) is 12.3 Å². The SMILES string of the molecule is COCCN(c1ccc(CNC(C)(C)C)cc1Br)C1CC1. The summed E-state index contributed by atoms with van der Waals surface area (Å²) in [4.78, 5) is 2.47. The van der Waals surface area contributed by atoms with Gasteiger partial charge in [0, 0.05) is 36.3 Å². The van der Waals surface area contributed by atoms with Crippen LogP contribution in [0.3, 0.4) is 0 Å². The Kier molecular flexibility index (Phi) is 5.69. The van der Waals surface area contributed by atoms with Gasteiger partial charge in [0.25, 0.3) is 0 Å². The number of benzene rings is 1. The standard InChI is InChI=1S/C17H27BrN2O/c1-17(2,3)19-12-13-5-8-16(15(18)11-13)20(9-10-21-4)14-6-7-14/h5,8,11,14,19H,6-7,9-10,12H2,1-4H3. The molecule has 0 aromatic heterocycles. The van der Waals surface area contributed by atoms with E-state index in [-0.39, 0.29) is 5.54 Å². The normalized spacial score (nSPS) is 15.3. The Morgan fingerprint density at radius 3 is 2.57 bits per heavy atom. The van der Waals surface area contributed by atoms with Gasteiger partial charge in [-0.05, 0) is 67.2 Å². The van der Waals surface area contributed by atoms with Crippen LogP contribution in [0.15, 0.2) is 22.7 Å². The Balaban J connectivity index is 2.06. The largest absolute Gasteiger partial charge is 0.383 e. The second kappa shape index (κ2) is 7.12. The number of methoxy groups -OCH3 is 1. The Labute approximate surface area is 137 Å². The summed E-state index contributed by atoms with van der Waals surface area (Å²) in [6.07, 6.45) is 2.59. The molecular weight excluding hydrogens is 328 g/mol. The van der Waals surface area contributed by atoms with Crippen LogP contribution in [-0.4, -0.2) is 31.8 Å². The van der Waals surface area contributed by atoms with E-state index < -0.39 is 0 Å². The van der Waals surface area contributed by atoms with Gasteiger partial charge >= 0.3 is 0 Å². The third kappa shape index (κ3) is 5.28. The lowest BCUT2D eigenvalue weighted by Gasteiger charge is -2.26. The molecule has 0 spiro atoms. The van der Waals surface area contributed by atoms with Gasteiger partial charge in [0.15, 0.2) is 0 Å². The molecule has 118 valence electrons. The van der Waals surface area contributed by atoms with Gasteiger partial charge in [-0.15, -0.1) is 0 Å². The fourth-order valence-corrected chi connectivity index (χ4v) is 2.99. The van der Waals surface area contributed by atoms with Crippen molar-refractivity contribution in [2.45, 2.75) is 51.7 Å². The zero-order valence-electron chi connectivity index (χ0n) is 13.6. The Morgan fingerprint density at radius 2 is 2.05 bits per heavy atom. The number of nitrogens with one attached hydrogen (secondary N) is 1. The molecule has 0 atom stereocenters. The lowest BCUT2D eigenvalue weighted by molar-refractivity contribution is 0.205. The minimum atomic E-state index is 0.143. The van der Waals surface area contributed by atoms with Crippen molar-refractivity contribution >= 4 is 21.6 Å². The predicted octanol–water partition coefficient (Wildman–Crippen LogP) is 3.95. The van der Waals surface area contributed by atoms with Crippen LogP contribution in [0.25, 0.3) is 0 Å². The van der Waals surface area contributed by atoms with Gasteiger partial charge in [0.1, 0.15) is 0 Å². The molecule has 0 bridgehead atoms. The summed E-state index contributed by atoms with van der Waals surface area (Å²) in [7, 11) is 1.77. The van der Waals surface area contributed by atoms with Crippen LogP contribution >= 0.6 is 15.9 Å². The molecule has 0 radical (unpaired) electrons. The van der Waals surface area contributed by atoms with Crippen LogP contribution in [0.4, 0.5) is 5.69 Å². The molecular formula is C17H27BrN2O. The highest BCUT2D eigenvalue weighted by molar-refractivity contribution is 9.10. The number of anilines is 1. The number of nitrogens with zero attached hydrogens (tertiary/aromatic N) is 1. The van der Waals surface area contributed by atoms with E-state index in [2.05, 4.69) is 65.1 Å². The fourth-order valence-electron chi connectivity index (χ4n) is 2.34. The fraction of sp³-hybridized carbons (Fsp3) is 0.647. The Morgan fingerprint density at radius 1 is 1.33 bits per heavy atom. The van der Waals surface area contributed by atoms with E-state index in [9.17, 15) is 0 Å². The molecule has 1 aliphatic rings. The summed E-state index contributed by atoms with van der Waals surface area (Å²) in [6, 6.07) is 7.38. The first-order chi connectivity index (χ1) is 9.90. The Bertz CT molecular complexity index is 466. The van der Waals surface area contributed by atoms with Gasteiger partial charge in [0.2, 0.25) is 0 Å². The molecule has 3 nitrogen and oxygen atoms in total. The average molecular weight is 355 g/mol. The van der Waals surface area contributed by atoms with Crippen molar-refractivity contribution in [3.05, 3.63) is 28.2 Å². The summed E-state index contributed by atoms with van der Waals surface area (Å²) in [5, 5.41) is 3.53. The molecule has 0 unspecified atom stereocenters. The van der Waals surface area contributed by atoms with E-state index in [0.29, 0.717) is 6.04 Å². The molecule has 1 aliphatic carbocycles. The van der Waals surface area contributed by atoms with Crippen LogP contribution < -0.4 is 10.2 Å². The first-order valence-corrected chi connectivity index (χ1v) is 8.49. The highest BCUT2D eigenvalue weighted by atomic mass is 79.9. The van der Waals surface area contributed by atoms with Crippen molar-refractivity contribution in [2.24, 2.45) is 0 Å². The summed E-state index contributed by atoms with van der Waals surface area (Å²) in [6.45, 7) is 9.20. The van der Waals surface area contributed by atoms with Gasteiger partial charge < -0.3 is 15.0 Å². The minimum absolute atomic E-state index is 0.143. The maximum atomic E-state index is 5.24. The molecule has 1 saturated carbocycles. The molecule has 0 saturated heterocycles. The Hall–Kier alpha value is -0.580. The average Bonchev–Trinajstić information content (AvgIpc) is 3.22. The van der Waals surface area contributed by atoms with E-state index >= 15 is 0 Å². The number of ether oxygens (including phenoxy) is 1. The van der Waals surface area contributed by atoms with Crippen molar-refractivity contribution in [3.63, 3.8) is 0 Å². The molecule has 0 heterocycles. The third-order valence-corrected chi connectivity index (χ3v) is 4.30. The molecule has 4 heteroatoms. The zero-order chi connectivity index (χ0) is 15.5. The second-order valence-electron chi connectivity index (χ2n) is 6.81. The van der Waals surface area contributed by atoms with Crippen LogP contribution in [0.2, 0.25) is 0 Å². The number of rotatable bonds is 7. The number of hydrogen-bond acceptors (Lipinski definition) is 3. The smallest absolute Gasteiger partial charge is 0.0637 e. The number of hydrogen-bond donors (Lipinski definition) is 1. The van der Waals surface area contributed by atoms with Gasteiger partial charge in [-0.2, -0.15) is 0 Å². The van der Waals surface area contributed by atoms with Crippen LogP contribution in [-0.2, 0) is 11.3 Å². The molecule has 21 heavy (non-hydrogen) atoms. The molecule has 1 aromatic rings. The van der Waals surface area contributed by atoms with E-state index in [1.165, 1.54) is 28.6 Å². The van der Waals surface area contributed by atoms with E-state index in [0.717, 1.165) is 19.7 Å². The molecule has 0 amide bonds. The van der Waals surface area contributed by atoms with Gasteiger partial charge in [-0.3, -0.25) is 0 Å². The number of halogens is 1. The van der Waals surface area contributed by atoms with E-state index in [1.807, 2.05) is 0 Å². The van der Waals surface area contributed by atoms with E-state index in [1.54, 1.807) is 7.11 Å². The van der Waals surface area contributed by atoms with Crippen LogP contribution in [0.5, 0.6) is 0 Å². The first kappa shape index (κ1) is 16.8. The summed E-state index contributed by atoms with van der Waals surface area (Å²) in [5.41, 5.74) is 2.74. The molecule has 2 rings (SSSR count). The maximum absolute atomic E-state index is 5.24. The topological polar surface area (TPSA) is 24.5 Å². The molecule has 1 fully saturated rings. The van der Waals surface area contributed by atoms with E-state index in [4.69, 9.17) is 4.74 Å². The van der Waals surface area contributed by atoms with Crippen LogP contribution in [0.1, 0.15) is 39.2 Å². The molecule has 0 aliphatic heterocycles. The maximum Gasteiger partial charge on any atom is 0.0637 e. The lowest BCUT2D eigenvalue weighted by Crippen LogP contribution is -2.35. The van der Waals surface area contributed by atoms with Gasteiger partial charge in [-0.1, -0.05) is 6.07 Å². The third-order valence-electron chi connectivity index (χ3n) is 3.67. The predicted molar refractivity (Wildman–Crippen MR) is 93.0 cm³/mol. The van der Waals surface area contributed by atoms with Crippen molar-refractivity contribution in [1.29, 1.82) is 0 Å². The van der Waals surface area contributed by atoms with Crippen molar-refractivity contribution in [2.75, 3.05) is 25.2 Å². The lowest BCUT2D eigenvalue weighted by atomic mass is 10.1. The molecule has 1 N–H and O–H groups in total.